The van der Waals surface area contributed by atoms with Crippen molar-refractivity contribution in [2.24, 2.45) is 0 Å². The van der Waals surface area contributed by atoms with E-state index >= 15 is 0 Å². The van der Waals surface area contributed by atoms with Crippen molar-refractivity contribution in [3.8, 4) is 5.75 Å². The Kier molecular flexibility index (Phi) is 8.40. The van der Waals surface area contributed by atoms with Gasteiger partial charge in [-0.25, -0.2) is 0 Å². The Labute approximate surface area is 240 Å². The second kappa shape index (κ2) is 11.3. The maximum Gasteiger partial charge on any atom is 0.419 e. The molecule has 3 aromatic carbocycles. The number of carbonyl (C=O) groups is 2. The number of carbonyl (C=O) groups excluding carboxylic acids is 2. The van der Waals surface area contributed by atoms with E-state index in [2.05, 4.69) is 5.32 Å². The largest absolute Gasteiger partial charge is 0.496 e. The lowest BCUT2D eigenvalue weighted by atomic mass is 9.75. The number of Topliss-reactive ketones (excluding diaryl/α,β-unsaturated/α-hetero) is 1. The molecule has 0 radical (unpaired) electrons. The van der Waals surface area contributed by atoms with Crippen LogP contribution in [-0.4, -0.2) is 63.5 Å². The summed E-state index contributed by atoms with van der Waals surface area (Å²) >= 11 is 12.5. The number of alkyl halides is 3. The van der Waals surface area contributed by atoms with Crippen LogP contribution in [0.4, 0.5) is 18.9 Å². The van der Waals surface area contributed by atoms with Crippen LogP contribution in [0.15, 0.2) is 60.7 Å². The zero-order valence-corrected chi connectivity index (χ0v) is 23.8. The number of ether oxygens (including phenoxy) is 1. The van der Waals surface area contributed by atoms with Crippen LogP contribution in [0.25, 0.3) is 0 Å². The van der Waals surface area contributed by atoms with Gasteiger partial charge in [-0.2, -0.15) is 13.2 Å². The number of hydrogen-bond donors (Lipinski definition) is 1. The summed E-state index contributed by atoms with van der Waals surface area (Å²) in [6, 6.07) is 15.0. The Bertz CT molecular complexity index is 1430. The van der Waals surface area contributed by atoms with Gasteiger partial charge in [0.1, 0.15) is 11.3 Å². The van der Waals surface area contributed by atoms with E-state index in [-0.39, 0.29) is 22.9 Å². The van der Waals surface area contributed by atoms with Crippen molar-refractivity contribution in [2.75, 3.05) is 46.2 Å². The SMILES string of the molecule is COc1ccc(C(=O)N(C)[C@]2(C(=O)c3ccc(N(C)C)cc3)CNC[C@H]2c2ccc(Cl)c(Cl)c2)cc1C(F)(F)F. The fourth-order valence-corrected chi connectivity index (χ4v) is 5.47. The number of likely N-dealkylation sites (N-methyl/N-ethyl adjacent to an activating group) is 1. The van der Waals surface area contributed by atoms with E-state index in [1.165, 1.54) is 18.0 Å². The lowest BCUT2D eigenvalue weighted by Gasteiger charge is -2.42. The van der Waals surface area contributed by atoms with Gasteiger partial charge in [0, 0.05) is 57.0 Å². The number of nitrogens with one attached hydrogen (secondary N) is 1. The molecule has 0 unspecified atom stereocenters. The quantitative estimate of drug-likeness (QED) is 0.332. The number of halogens is 5. The molecule has 1 fully saturated rings. The van der Waals surface area contributed by atoms with Gasteiger partial charge in [0.15, 0.2) is 5.78 Å². The van der Waals surface area contributed by atoms with Crippen molar-refractivity contribution in [3.63, 3.8) is 0 Å². The number of rotatable bonds is 7. The van der Waals surface area contributed by atoms with E-state index in [9.17, 15) is 22.8 Å². The summed E-state index contributed by atoms with van der Waals surface area (Å²) < 4.78 is 46.1. The van der Waals surface area contributed by atoms with Gasteiger partial charge in [-0.3, -0.25) is 9.59 Å². The first-order valence-electron chi connectivity index (χ1n) is 12.3. The van der Waals surface area contributed by atoms with Gasteiger partial charge in [0.2, 0.25) is 0 Å². The molecule has 1 heterocycles. The summed E-state index contributed by atoms with van der Waals surface area (Å²) in [5.74, 6) is -2.10. The van der Waals surface area contributed by atoms with Crippen molar-refractivity contribution in [1.29, 1.82) is 0 Å². The third kappa shape index (κ3) is 5.38. The van der Waals surface area contributed by atoms with Crippen LogP contribution in [0.2, 0.25) is 10.0 Å². The summed E-state index contributed by atoms with van der Waals surface area (Å²) in [6.45, 7) is 0.379. The number of methoxy groups -OCH3 is 1. The minimum absolute atomic E-state index is 0.0662. The summed E-state index contributed by atoms with van der Waals surface area (Å²) in [5.41, 5.74) is -0.928. The molecule has 0 aliphatic carbocycles. The summed E-state index contributed by atoms with van der Waals surface area (Å²) in [5, 5.41) is 3.83. The first-order valence-corrected chi connectivity index (χ1v) is 13.1. The molecule has 0 saturated carbocycles. The van der Waals surface area contributed by atoms with E-state index in [1.54, 1.807) is 42.5 Å². The molecule has 2 atom stereocenters. The van der Waals surface area contributed by atoms with Gasteiger partial charge in [-0.05, 0) is 60.2 Å². The molecule has 1 amide bonds. The number of ketones is 1. The summed E-state index contributed by atoms with van der Waals surface area (Å²) in [7, 11) is 6.30. The molecule has 40 heavy (non-hydrogen) atoms. The van der Waals surface area contributed by atoms with Crippen LogP contribution in [0.3, 0.4) is 0 Å². The molecule has 0 bridgehead atoms. The molecule has 1 aliphatic rings. The van der Waals surface area contributed by atoms with E-state index in [4.69, 9.17) is 27.9 Å². The maximum atomic E-state index is 14.4. The van der Waals surface area contributed by atoms with E-state index in [0.29, 0.717) is 22.7 Å². The molecule has 0 spiro atoms. The second-order valence-corrected chi connectivity index (χ2v) is 10.6. The van der Waals surface area contributed by atoms with Crippen LogP contribution >= 0.6 is 23.2 Å². The highest BCUT2D eigenvalue weighted by Gasteiger charge is 2.54. The number of anilines is 1. The topological polar surface area (TPSA) is 61.9 Å². The lowest BCUT2D eigenvalue weighted by molar-refractivity contribution is -0.138. The van der Waals surface area contributed by atoms with E-state index in [1.807, 2.05) is 19.0 Å². The van der Waals surface area contributed by atoms with Crippen LogP contribution in [0, 0.1) is 0 Å². The molecular weight excluding hydrogens is 566 g/mol. The van der Waals surface area contributed by atoms with E-state index < -0.39 is 34.9 Å². The van der Waals surface area contributed by atoms with Crippen LogP contribution in [-0.2, 0) is 6.18 Å². The zero-order chi connectivity index (χ0) is 29.4. The molecule has 1 saturated heterocycles. The fraction of sp³-hybridized carbons (Fsp3) is 0.310. The predicted octanol–water partition coefficient (Wildman–Crippen LogP) is 6.17. The zero-order valence-electron chi connectivity index (χ0n) is 22.3. The Hall–Kier alpha value is -3.27. The Balaban J connectivity index is 1.85. The number of nitrogens with zero attached hydrogens (tertiary/aromatic N) is 2. The summed E-state index contributed by atoms with van der Waals surface area (Å²) in [4.78, 5) is 31.4. The Morgan fingerprint density at radius 2 is 1.60 bits per heavy atom. The fourth-order valence-electron chi connectivity index (χ4n) is 5.16. The molecule has 1 aliphatic heterocycles. The van der Waals surface area contributed by atoms with Crippen LogP contribution in [0.1, 0.15) is 37.8 Å². The molecule has 0 aromatic heterocycles. The molecular formula is C29H28Cl2F3N3O3. The normalized spacial score (nSPS) is 18.9. The first kappa shape index (κ1) is 29.7. The number of benzene rings is 3. The lowest BCUT2D eigenvalue weighted by Crippen LogP contribution is -2.59. The third-order valence-electron chi connectivity index (χ3n) is 7.36. The Morgan fingerprint density at radius 3 is 2.17 bits per heavy atom. The third-order valence-corrected chi connectivity index (χ3v) is 8.10. The van der Waals surface area contributed by atoms with Crippen LogP contribution < -0.4 is 15.0 Å². The highest BCUT2D eigenvalue weighted by molar-refractivity contribution is 6.42. The van der Waals surface area contributed by atoms with Gasteiger partial charge in [0.25, 0.3) is 5.91 Å². The highest BCUT2D eigenvalue weighted by Crippen LogP contribution is 2.42. The number of amides is 1. The van der Waals surface area contributed by atoms with Crippen molar-refractivity contribution in [3.05, 3.63) is 93.0 Å². The molecule has 11 heteroatoms. The van der Waals surface area contributed by atoms with Gasteiger partial charge in [-0.1, -0.05) is 29.3 Å². The van der Waals surface area contributed by atoms with Crippen molar-refractivity contribution < 1.29 is 27.5 Å². The predicted molar refractivity (Wildman–Crippen MR) is 150 cm³/mol. The monoisotopic (exact) mass is 593 g/mol. The van der Waals surface area contributed by atoms with Crippen LogP contribution in [0.5, 0.6) is 5.75 Å². The Morgan fingerprint density at radius 1 is 0.950 bits per heavy atom. The molecule has 4 rings (SSSR count). The van der Waals surface area contributed by atoms with Gasteiger partial charge >= 0.3 is 6.18 Å². The molecule has 1 N–H and O–H groups in total. The van der Waals surface area contributed by atoms with Gasteiger partial charge < -0.3 is 19.9 Å². The minimum atomic E-state index is -4.75. The van der Waals surface area contributed by atoms with Crippen molar-refractivity contribution in [1.82, 2.24) is 10.2 Å². The smallest absolute Gasteiger partial charge is 0.419 e. The molecule has 6 nitrogen and oxygen atoms in total. The first-order chi connectivity index (χ1) is 18.8. The summed E-state index contributed by atoms with van der Waals surface area (Å²) in [6.07, 6.45) is -4.75. The average Bonchev–Trinajstić information content (AvgIpc) is 3.38. The molecule has 212 valence electrons. The van der Waals surface area contributed by atoms with Gasteiger partial charge in [0.05, 0.1) is 22.7 Å². The van der Waals surface area contributed by atoms with Gasteiger partial charge in [-0.15, -0.1) is 0 Å². The average molecular weight is 594 g/mol. The molecule has 3 aromatic rings. The van der Waals surface area contributed by atoms with Crippen molar-refractivity contribution in [2.45, 2.75) is 17.6 Å². The maximum absolute atomic E-state index is 14.4. The number of hydrogen-bond acceptors (Lipinski definition) is 5. The standard InChI is InChI=1S/C29H28Cl2F3N3O3/c1-36(2)20-9-5-17(6-10-20)26(38)28(16-35-15-22(28)18-7-11-23(30)24(31)14-18)37(3)27(39)19-8-12-25(40-4)21(13-19)29(32,33)34/h5-14,22,35H,15-16H2,1-4H3/t22-,28+/m0/s1. The minimum Gasteiger partial charge on any atom is -0.496 e. The second-order valence-electron chi connectivity index (χ2n) is 9.83. The van der Waals surface area contributed by atoms with Crippen molar-refractivity contribution >= 4 is 40.6 Å². The van der Waals surface area contributed by atoms with E-state index in [0.717, 1.165) is 24.9 Å². The highest BCUT2D eigenvalue weighted by atomic mass is 35.5.